The lowest BCUT2D eigenvalue weighted by atomic mass is 10.1. The summed E-state index contributed by atoms with van der Waals surface area (Å²) in [4.78, 5) is 4.67. The van der Waals surface area contributed by atoms with Gasteiger partial charge in [-0.05, 0) is 72.1 Å². The molecular formula is C26H22ClFN2. The van der Waals surface area contributed by atoms with Crippen molar-refractivity contribution in [3.63, 3.8) is 0 Å². The maximum Gasteiger partial charge on any atom is 0.123 e. The van der Waals surface area contributed by atoms with Gasteiger partial charge < -0.3 is 4.57 Å². The summed E-state index contributed by atoms with van der Waals surface area (Å²) in [6, 6.07) is 23.7. The van der Waals surface area contributed by atoms with Crippen LogP contribution < -0.4 is 0 Å². The van der Waals surface area contributed by atoms with Gasteiger partial charge in [0, 0.05) is 29.4 Å². The van der Waals surface area contributed by atoms with Gasteiger partial charge >= 0.3 is 0 Å². The molecule has 0 fully saturated rings. The van der Waals surface area contributed by atoms with Crippen molar-refractivity contribution in [3.05, 3.63) is 102 Å². The van der Waals surface area contributed by atoms with Gasteiger partial charge in [-0.3, -0.25) is 4.98 Å². The molecule has 0 amide bonds. The lowest BCUT2D eigenvalue weighted by molar-refractivity contribution is 0.628. The Bertz CT molecular complexity index is 1350. The monoisotopic (exact) mass is 416 g/mol. The first-order chi connectivity index (χ1) is 14.1. The van der Waals surface area contributed by atoms with Crippen molar-refractivity contribution in [2.24, 2.45) is 0 Å². The quantitative estimate of drug-likeness (QED) is 0.307. The molecule has 0 N–H and O–H groups in total. The predicted molar refractivity (Wildman–Crippen MR) is 125 cm³/mol. The Balaban J connectivity index is 0.00000218. The van der Waals surface area contributed by atoms with Gasteiger partial charge in [-0.25, -0.2) is 4.39 Å². The Kier molecular flexibility index (Phi) is 5.31. The van der Waals surface area contributed by atoms with Crippen LogP contribution in [0.25, 0.3) is 32.9 Å². The summed E-state index contributed by atoms with van der Waals surface area (Å²) in [5.74, 6) is -0.236. The van der Waals surface area contributed by atoms with Crippen LogP contribution in [0.2, 0.25) is 0 Å². The van der Waals surface area contributed by atoms with Crippen LogP contribution in [0.5, 0.6) is 0 Å². The molecule has 150 valence electrons. The van der Waals surface area contributed by atoms with Gasteiger partial charge in [-0.2, -0.15) is 0 Å². The fourth-order valence-corrected chi connectivity index (χ4v) is 4.13. The summed E-state index contributed by atoms with van der Waals surface area (Å²) in [5.41, 5.74) is 6.64. The Hall–Kier alpha value is -3.17. The van der Waals surface area contributed by atoms with Gasteiger partial charge in [0.05, 0.1) is 11.2 Å². The van der Waals surface area contributed by atoms with Crippen LogP contribution >= 0.6 is 12.4 Å². The van der Waals surface area contributed by atoms with Crippen molar-refractivity contribution >= 4 is 34.1 Å². The van der Waals surface area contributed by atoms with E-state index in [1.54, 1.807) is 12.1 Å². The SMILES string of the molecule is Cc1c(C)n(Cc2ccc3ccccc3c2)c2c(-c3ccc(F)cc3)nccc12.Cl. The van der Waals surface area contributed by atoms with Crippen LogP contribution in [-0.4, -0.2) is 9.55 Å². The number of hydrogen-bond acceptors (Lipinski definition) is 1. The Morgan fingerprint density at radius 2 is 1.60 bits per heavy atom. The number of aryl methyl sites for hydroxylation is 1. The average molecular weight is 417 g/mol. The van der Waals surface area contributed by atoms with E-state index in [4.69, 9.17) is 0 Å². The van der Waals surface area contributed by atoms with Crippen LogP contribution in [0.4, 0.5) is 4.39 Å². The highest BCUT2D eigenvalue weighted by atomic mass is 35.5. The summed E-state index contributed by atoms with van der Waals surface area (Å²) in [6.07, 6.45) is 1.84. The van der Waals surface area contributed by atoms with E-state index in [1.165, 1.54) is 45.1 Å². The molecule has 0 unspecified atom stereocenters. The zero-order chi connectivity index (χ0) is 20.0. The topological polar surface area (TPSA) is 17.8 Å². The van der Waals surface area contributed by atoms with Gasteiger partial charge in [-0.1, -0.05) is 36.4 Å². The van der Waals surface area contributed by atoms with Gasteiger partial charge in [0.2, 0.25) is 0 Å². The van der Waals surface area contributed by atoms with Crippen LogP contribution in [0, 0.1) is 19.7 Å². The Morgan fingerprint density at radius 3 is 2.37 bits per heavy atom. The number of fused-ring (bicyclic) bond motifs is 2. The minimum atomic E-state index is -0.236. The lowest BCUT2D eigenvalue weighted by Crippen LogP contribution is -2.03. The molecule has 0 bridgehead atoms. The normalized spacial score (nSPS) is 11.0. The lowest BCUT2D eigenvalue weighted by Gasteiger charge is -2.12. The van der Waals surface area contributed by atoms with E-state index in [1.807, 2.05) is 6.20 Å². The van der Waals surface area contributed by atoms with Crippen molar-refractivity contribution in [2.75, 3.05) is 0 Å². The molecule has 30 heavy (non-hydrogen) atoms. The summed E-state index contributed by atoms with van der Waals surface area (Å²) in [6.45, 7) is 5.08. The maximum absolute atomic E-state index is 13.5. The smallest absolute Gasteiger partial charge is 0.123 e. The molecule has 0 saturated heterocycles. The third kappa shape index (κ3) is 3.35. The molecule has 0 spiro atoms. The van der Waals surface area contributed by atoms with Gasteiger partial charge in [0.1, 0.15) is 5.82 Å². The van der Waals surface area contributed by atoms with Gasteiger partial charge in [0.15, 0.2) is 0 Å². The van der Waals surface area contributed by atoms with Crippen LogP contribution in [0.15, 0.2) is 79.0 Å². The van der Waals surface area contributed by atoms with Gasteiger partial charge in [0.25, 0.3) is 0 Å². The number of pyridine rings is 1. The zero-order valence-corrected chi connectivity index (χ0v) is 17.7. The molecule has 4 heteroatoms. The first-order valence-corrected chi connectivity index (χ1v) is 9.80. The van der Waals surface area contributed by atoms with E-state index in [0.29, 0.717) is 0 Å². The molecule has 0 aliphatic carbocycles. The third-order valence-electron chi connectivity index (χ3n) is 5.82. The Morgan fingerprint density at radius 1 is 0.867 bits per heavy atom. The summed E-state index contributed by atoms with van der Waals surface area (Å²) >= 11 is 0. The first kappa shape index (κ1) is 20.1. The fraction of sp³-hybridized carbons (Fsp3) is 0.115. The molecule has 0 saturated carbocycles. The molecule has 3 aromatic carbocycles. The second-order valence-electron chi connectivity index (χ2n) is 7.54. The van der Waals surface area contributed by atoms with Crippen molar-refractivity contribution in [1.82, 2.24) is 9.55 Å². The zero-order valence-electron chi connectivity index (χ0n) is 16.9. The van der Waals surface area contributed by atoms with E-state index in [0.717, 1.165) is 23.3 Å². The van der Waals surface area contributed by atoms with E-state index >= 15 is 0 Å². The van der Waals surface area contributed by atoms with Crippen LogP contribution in [0.3, 0.4) is 0 Å². The van der Waals surface area contributed by atoms with E-state index in [-0.39, 0.29) is 18.2 Å². The molecule has 0 aliphatic rings. The minimum absolute atomic E-state index is 0. The van der Waals surface area contributed by atoms with E-state index < -0.39 is 0 Å². The van der Waals surface area contributed by atoms with Crippen molar-refractivity contribution in [3.8, 4) is 11.3 Å². The molecule has 5 rings (SSSR count). The van der Waals surface area contributed by atoms with E-state index in [9.17, 15) is 4.39 Å². The number of aromatic nitrogens is 2. The molecule has 0 atom stereocenters. The average Bonchev–Trinajstić information content (AvgIpc) is 2.99. The maximum atomic E-state index is 13.5. The fourth-order valence-electron chi connectivity index (χ4n) is 4.13. The molecular weight excluding hydrogens is 395 g/mol. The second kappa shape index (κ2) is 7.92. The number of rotatable bonds is 3. The standard InChI is InChI=1S/C26H21FN2.ClH/c1-17-18(2)29(16-19-7-8-20-5-3-4-6-22(20)15-19)26-24(17)13-14-28-25(26)21-9-11-23(27)12-10-21;/h3-15H,16H2,1-2H3;1H. The van der Waals surface area contributed by atoms with Gasteiger partial charge in [-0.15, -0.1) is 12.4 Å². The third-order valence-corrected chi connectivity index (χ3v) is 5.82. The second-order valence-corrected chi connectivity index (χ2v) is 7.54. The van der Waals surface area contributed by atoms with E-state index in [2.05, 4.69) is 71.9 Å². The molecule has 0 radical (unpaired) electrons. The number of nitrogens with zero attached hydrogens (tertiary/aromatic N) is 2. The number of hydrogen-bond donors (Lipinski definition) is 0. The molecule has 2 heterocycles. The molecule has 0 aliphatic heterocycles. The Labute approximate surface area is 181 Å². The minimum Gasteiger partial charge on any atom is -0.338 e. The molecule has 2 nitrogen and oxygen atoms in total. The molecule has 2 aromatic heterocycles. The predicted octanol–water partition coefficient (Wildman–Crippen LogP) is 7.08. The van der Waals surface area contributed by atoms with Crippen molar-refractivity contribution in [2.45, 2.75) is 20.4 Å². The summed E-state index contributed by atoms with van der Waals surface area (Å²) in [5, 5.41) is 3.68. The summed E-state index contributed by atoms with van der Waals surface area (Å²) in [7, 11) is 0. The largest absolute Gasteiger partial charge is 0.338 e. The molecule has 5 aromatic rings. The summed E-state index contributed by atoms with van der Waals surface area (Å²) < 4.78 is 15.8. The van der Waals surface area contributed by atoms with Crippen molar-refractivity contribution in [1.29, 1.82) is 0 Å². The number of benzene rings is 3. The first-order valence-electron chi connectivity index (χ1n) is 9.80. The highest BCUT2D eigenvalue weighted by Gasteiger charge is 2.16. The highest BCUT2D eigenvalue weighted by Crippen LogP contribution is 2.33. The number of halogens is 2. The van der Waals surface area contributed by atoms with Crippen LogP contribution in [-0.2, 0) is 6.54 Å². The van der Waals surface area contributed by atoms with Crippen LogP contribution in [0.1, 0.15) is 16.8 Å². The van der Waals surface area contributed by atoms with Crippen molar-refractivity contribution < 1.29 is 4.39 Å². The highest BCUT2D eigenvalue weighted by molar-refractivity contribution is 5.95.